The van der Waals surface area contributed by atoms with Gasteiger partial charge in [0.1, 0.15) is 24.4 Å². The zero-order valence-corrected chi connectivity index (χ0v) is 16.5. The fraction of sp³-hybridized carbons (Fsp3) is 0.850. The van der Waals surface area contributed by atoms with E-state index < -0.39 is 30.3 Å². The van der Waals surface area contributed by atoms with Gasteiger partial charge in [-0.2, -0.15) is 0 Å². The van der Waals surface area contributed by atoms with Crippen LogP contribution < -0.4 is 5.73 Å². The Labute approximate surface area is 162 Å². The largest absolute Gasteiger partial charge is 0.480 e. The lowest BCUT2D eigenvalue weighted by atomic mass is 10.0. The van der Waals surface area contributed by atoms with Crippen LogP contribution in [0.15, 0.2) is 12.2 Å². The van der Waals surface area contributed by atoms with Crippen LogP contribution in [-0.2, 0) is 4.79 Å². The van der Waals surface area contributed by atoms with E-state index in [2.05, 4.69) is 6.92 Å². The summed E-state index contributed by atoms with van der Waals surface area (Å²) in [6.45, 7) is 2.17. The van der Waals surface area contributed by atoms with Gasteiger partial charge in [-0.15, -0.1) is 0 Å². The van der Waals surface area contributed by atoms with E-state index in [-0.39, 0.29) is 6.10 Å². The molecule has 0 unspecified atom stereocenters. The SMILES string of the molecule is CCCCCC[C@@H](O)CCCCCC/C=C/[C@H](O)[C@@H](O)[C@@H](O)[C@H](N)C(=O)O. The van der Waals surface area contributed by atoms with Crippen LogP contribution in [0.4, 0.5) is 0 Å². The van der Waals surface area contributed by atoms with E-state index in [1.165, 1.54) is 25.3 Å². The molecule has 0 aromatic heterocycles. The molecular formula is C20H39NO6. The number of aliphatic hydroxyl groups excluding tert-OH is 4. The molecule has 0 saturated heterocycles. The topological polar surface area (TPSA) is 144 Å². The van der Waals surface area contributed by atoms with E-state index in [1.54, 1.807) is 6.08 Å². The molecule has 0 aliphatic heterocycles. The molecule has 27 heavy (non-hydrogen) atoms. The molecule has 0 radical (unpaired) electrons. The summed E-state index contributed by atoms with van der Waals surface area (Å²) in [4.78, 5) is 10.7. The van der Waals surface area contributed by atoms with Crippen molar-refractivity contribution in [2.45, 2.75) is 108 Å². The summed E-state index contributed by atoms with van der Waals surface area (Å²) in [6, 6.07) is -1.65. The lowest BCUT2D eigenvalue weighted by molar-refractivity contribution is -0.145. The van der Waals surface area contributed by atoms with Crippen molar-refractivity contribution in [3.8, 4) is 0 Å². The maximum Gasteiger partial charge on any atom is 0.323 e. The average molecular weight is 390 g/mol. The number of carboxylic acid groups (broad SMARTS) is 1. The lowest BCUT2D eigenvalue weighted by Gasteiger charge is -2.23. The van der Waals surface area contributed by atoms with E-state index in [1.807, 2.05) is 0 Å². The highest BCUT2D eigenvalue weighted by Crippen LogP contribution is 2.13. The van der Waals surface area contributed by atoms with Crippen LogP contribution in [0.1, 0.15) is 77.6 Å². The van der Waals surface area contributed by atoms with Gasteiger partial charge in [0.2, 0.25) is 0 Å². The number of rotatable bonds is 17. The van der Waals surface area contributed by atoms with E-state index in [4.69, 9.17) is 10.8 Å². The molecule has 7 N–H and O–H groups in total. The Morgan fingerprint density at radius 3 is 2.00 bits per heavy atom. The van der Waals surface area contributed by atoms with Crippen molar-refractivity contribution in [2.75, 3.05) is 0 Å². The molecule has 0 bridgehead atoms. The Kier molecular flexibility index (Phi) is 15.4. The van der Waals surface area contributed by atoms with Crippen LogP contribution in [-0.4, -0.2) is 62.0 Å². The quantitative estimate of drug-likeness (QED) is 0.164. The Morgan fingerprint density at radius 1 is 0.889 bits per heavy atom. The molecule has 7 nitrogen and oxygen atoms in total. The highest BCUT2D eigenvalue weighted by Gasteiger charge is 2.32. The molecule has 0 spiro atoms. The van der Waals surface area contributed by atoms with E-state index in [0.29, 0.717) is 6.42 Å². The van der Waals surface area contributed by atoms with E-state index in [0.717, 1.165) is 44.9 Å². The summed E-state index contributed by atoms with van der Waals surface area (Å²) in [7, 11) is 0. The molecule has 160 valence electrons. The monoisotopic (exact) mass is 389 g/mol. The summed E-state index contributed by atoms with van der Waals surface area (Å²) < 4.78 is 0. The second-order valence-electron chi connectivity index (χ2n) is 7.26. The first-order valence-corrected chi connectivity index (χ1v) is 10.2. The number of nitrogens with two attached hydrogens (primary N) is 1. The summed E-state index contributed by atoms with van der Waals surface area (Å²) in [5, 5.41) is 47.6. The van der Waals surface area contributed by atoms with Crippen LogP contribution >= 0.6 is 0 Å². The summed E-state index contributed by atoms with van der Waals surface area (Å²) in [5.41, 5.74) is 5.22. The van der Waals surface area contributed by atoms with Crippen LogP contribution in [0.2, 0.25) is 0 Å². The zero-order chi connectivity index (χ0) is 20.7. The summed E-state index contributed by atoms with van der Waals surface area (Å²) in [6.07, 6.45) is 9.25. The molecule has 0 aromatic rings. The number of hydrogen-bond donors (Lipinski definition) is 6. The minimum atomic E-state index is -1.74. The third-order valence-electron chi connectivity index (χ3n) is 4.74. The smallest absolute Gasteiger partial charge is 0.323 e. The maximum atomic E-state index is 10.7. The molecule has 7 heteroatoms. The van der Waals surface area contributed by atoms with Gasteiger partial charge in [-0.25, -0.2) is 0 Å². The van der Waals surface area contributed by atoms with Crippen LogP contribution in [0.3, 0.4) is 0 Å². The molecule has 0 aromatic carbocycles. The van der Waals surface area contributed by atoms with Gasteiger partial charge in [0.25, 0.3) is 0 Å². The predicted molar refractivity (Wildman–Crippen MR) is 105 cm³/mol. The van der Waals surface area contributed by atoms with Gasteiger partial charge in [0.15, 0.2) is 0 Å². The van der Waals surface area contributed by atoms with Crippen molar-refractivity contribution in [2.24, 2.45) is 5.73 Å². The molecule has 0 heterocycles. The van der Waals surface area contributed by atoms with Crippen molar-refractivity contribution in [3.05, 3.63) is 12.2 Å². The summed E-state index contributed by atoms with van der Waals surface area (Å²) >= 11 is 0. The van der Waals surface area contributed by atoms with E-state index >= 15 is 0 Å². The van der Waals surface area contributed by atoms with Gasteiger partial charge in [-0.3, -0.25) is 4.79 Å². The van der Waals surface area contributed by atoms with Crippen molar-refractivity contribution >= 4 is 5.97 Å². The van der Waals surface area contributed by atoms with Crippen LogP contribution in [0.25, 0.3) is 0 Å². The second-order valence-corrected chi connectivity index (χ2v) is 7.26. The van der Waals surface area contributed by atoms with Crippen molar-refractivity contribution in [1.82, 2.24) is 0 Å². The molecule has 0 fully saturated rings. The highest BCUT2D eigenvalue weighted by atomic mass is 16.4. The molecule has 0 rings (SSSR count). The van der Waals surface area contributed by atoms with Crippen LogP contribution in [0, 0.1) is 0 Å². The predicted octanol–water partition coefficient (Wildman–Crippen LogP) is 1.71. The Hall–Kier alpha value is -0.990. The number of carboxylic acids is 1. The molecule has 0 aliphatic carbocycles. The molecule has 0 amide bonds. The Morgan fingerprint density at radius 2 is 1.44 bits per heavy atom. The number of carbonyl (C=O) groups is 1. The average Bonchev–Trinajstić information content (AvgIpc) is 2.65. The standard InChI is InChI=1S/C20H39NO6/c1-2-3-4-9-12-15(22)13-10-7-5-6-8-11-14-16(23)18(24)19(25)17(21)20(26)27/h11,14-19,22-25H,2-10,12-13,21H2,1H3,(H,26,27)/b14-11+/t15-,16+,17+,18-,19+/m1/s1. The molecule has 5 atom stereocenters. The normalized spacial score (nSPS) is 17.6. The van der Waals surface area contributed by atoms with Gasteiger partial charge in [-0.1, -0.05) is 64.0 Å². The van der Waals surface area contributed by atoms with Gasteiger partial charge < -0.3 is 31.3 Å². The second kappa shape index (κ2) is 16.0. The first kappa shape index (κ1) is 26.0. The molecule has 0 saturated carbocycles. The zero-order valence-electron chi connectivity index (χ0n) is 16.5. The van der Waals surface area contributed by atoms with Gasteiger partial charge in [0.05, 0.1) is 6.10 Å². The number of allylic oxidation sites excluding steroid dienone is 1. The van der Waals surface area contributed by atoms with Gasteiger partial charge >= 0.3 is 5.97 Å². The molecular weight excluding hydrogens is 350 g/mol. The Balaban J connectivity index is 3.75. The third kappa shape index (κ3) is 12.9. The van der Waals surface area contributed by atoms with Gasteiger partial charge in [-0.05, 0) is 25.7 Å². The van der Waals surface area contributed by atoms with E-state index in [9.17, 15) is 25.2 Å². The number of aliphatic carboxylic acids is 1. The Bertz CT molecular complexity index is 404. The first-order chi connectivity index (χ1) is 12.8. The van der Waals surface area contributed by atoms with Crippen LogP contribution in [0.5, 0.6) is 0 Å². The van der Waals surface area contributed by atoms with Crippen molar-refractivity contribution in [3.63, 3.8) is 0 Å². The van der Waals surface area contributed by atoms with Crippen molar-refractivity contribution < 1.29 is 30.3 Å². The number of unbranched alkanes of at least 4 members (excludes halogenated alkanes) is 7. The lowest BCUT2D eigenvalue weighted by Crippen LogP contribution is -2.51. The summed E-state index contributed by atoms with van der Waals surface area (Å²) in [5.74, 6) is -1.44. The maximum absolute atomic E-state index is 10.7. The fourth-order valence-corrected chi connectivity index (χ4v) is 2.86. The number of aliphatic hydroxyl groups is 4. The minimum Gasteiger partial charge on any atom is -0.480 e. The minimum absolute atomic E-state index is 0.193. The fourth-order valence-electron chi connectivity index (χ4n) is 2.86. The van der Waals surface area contributed by atoms with Crippen molar-refractivity contribution in [1.29, 1.82) is 0 Å². The molecule has 0 aliphatic rings. The third-order valence-corrected chi connectivity index (χ3v) is 4.74. The highest BCUT2D eigenvalue weighted by molar-refractivity contribution is 5.74. The number of hydrogen-bond acceptors (Lipinski definition) is 6. The first-order valence-electron chi connectivity index (χ1n) is 10.2. The van der Waals surface area contributed by atoms with Gasteiger partial charge in [0, 0.05) is 0 Å².